The predicted molar refractivity (Wildman–Crippen MR) is 108 cm³/mol. The number of fused-ring (bicyclic) bond motifs is 1. The molecule has 29 heavy (non-hydrogen) atoms. The first-order valence-corrected chi connectivity index (χ1v) is 9.10. The minimum Gasteiger partial charge on any atom is -0.480 e. The van der Waals surface area contributed by atoms with Crippen molar-refractivity contribution in [1.29, 1.82) is 5.41 Å². The molecule has 0 spiro atoms. The lowest BCUT2D eigenvalue weighted by atomic mass is 10.0. The SMILES string of the molecule is CN(C(=O)c1ccc2c(c1)CN(CC(=O)O)C(=O)CC2)c1ccc(C(=N)N)cc1. The van der Waals surface area contributed by atoms with Crippen molar-refractivity contribution in [2.75, 3.05) is 18.5 Å². The first kappa shape index (κ1) is 20.1. The van der Waals surface area contributed by atoms with Gasteiger partial charge in [-0.1, -0.05) is 6.07 Å². The average Bonchev–Trinajstić information content (AvgIpc) is 2.85. The lowest BCUT2D eigenvalue weighted by Gasteiger charge is -2.20. The molecular weight excluding hydrogens is 372 g/mol. The van der Waals surface area contributed by atoms with Crippen molar-refractivity contribution in [1.82, 2.24) is 4.90 Å². The molecule has 0 radical (unpaired) electrons. The minimum absolute atomic E-state index is 0.0447. The zero-order valence-corrected chi connectivity index (χ0v) is 16.0. The Balaban J connectivity index is 1.84. The lowest BCUT2D eigenvalue weighted by Crippen LogP contribution is -2.34. The molecule has 4 N–H and O–H groups in total. The number of amides is 2. The molecule has 0 atom stereocenters. The van der Waals surface area contributed by atoms with E-state index in [9.17, 15) is 14.4 Å². The van der Waals surface area contributed by atoms with Gasteiger partial charge in [0.1, 0.15) is 12.4 Å². The second-order valence-electron chi connectivity index (χ2n) is 6.95. The van der Waals surface area contributed by atoms with Gasteiger partial charge in [0.15, 0.2) is 0 Å². The van der Waals surface area contributed by atoms with E-state index in [0.29, 0.717) is 23.2 Å². The molecule has 8 nitrogen and oxygen atoms in total. The summed E-state index contributed by atoms with van der Waals surface area (Å²) in [6, 6.07) is 12.1. The molecule has 0 unspecified atom stereocenters. The van der Waals surface area contributed by atoms with Crippen LogP contribution in [-0.4, -0.2) is 47.2 Å². The third kappa shape index (κ3) is 4.43. The van der Waals surface area contributed by atoms with Crippen LogP contribution in [0.1, 0.15) is 33.5 Å². The number of carbonyl (C=O) groups excluding carboxylic acids is 2. The summed E-state index contributed by atoms with van der Waals surface area (Å²) in [6.45, 7) is -0.197. The van der Waals surface area contributed by atoms with E-state index in [4.69, 9.17) is 16.2 Å². The zero-order valence-electron chi connectivity index (χ0n) is 16.0. The number of hydrogen-bond acceptors (Lipinski definition) is 4. The predicted octanol–water partition coefficient (Wildman–Crippen LogP) is 1.61. The molecule has 0 bridgehead atoms. The standard InChI is InChI=1S/C21H22N4O4/c1-24(17-7-4-14(5-8-17)20(22)23)21(29)15-3-2-13-6-9-18(26)25(12-19(27)28)11-16(13)10-15/h2-5,7-8,10H,6,9,11-12H2,1H3,(H3,22,23)(H,27,28). The lowest BCUT2D eigenvalue weighted by molar-refractivity contribution is -0.144. The Morgan fingerprint density at radius 3 is 2.38 bits per heavy atom. The Morgan fingerprint density at radius 2 is 1.76 bits per heavy atom. The molecule has 1 aliphatic heterocycles. The molecule has 2 aromatic carbocycles. The smallest absolute Gasteiger partial charge is 0.323 e. The number of nitrogen functional groups attached to an aromatic ring is 1. The number of nitrogens with two attached hydrogens (primary N) is 1. The van der Waals surface area contributed by atoms with Crippen LogP contribution in [0.4, 0.5) is 5.69 Å². The number of aryl methyl sites for hydroxylation is 1. The summed E-state index contributed by atoms with van der Waals surface area (Å²) in [5.74, 6) is -1.55. The Kier molecular flexibility index (Phi) is 5.63. The van der Waals surface area contributed by atoms with E-state index >= 15 is 0 Å². The highest BCUT2D eigenvalue weighted by molar-refractivity contribution is 6.06. The minimum atomic E-state index is -1.07. The molecule has 2 amide bonds. The highest BCUT2D eigenvalue weighted by Crippen LogP contribution is 2.23. The molecular formula is C21H22N4O4. The number of anilines is 1. The number of benzene rings is 2. The molecule has 1 aliphatic rings. The van der Waals surface area contributed by atoms with E-state index in [1.54, 1.807) is 43.4 Å². The largest absolute Gasteiger partial charge is 0.480 e. The maximum absolute atomic E-state index is 12.9. The maximum Gasteiger partial charge on any atom is 0.323 e. The molecule has 150 valence electrons. The summed E-state index contributed by atoms with van der Waals surface area (Å²) in [5, 5.41) is 16.5. The summed E-state index contributed by atoms with van der Waals surface area (Å²) in [7, 11) is 1.65. The van der Waals surface area contributed by atoms with Crippen molar-refractivity contribution >= 4 is 29.3 Å². The van der Waals surface area contributed by atoms with Gasteiger partial charge in [-0.2, -0.15) is 0 Å². The molecule has 0 aromatic heterocycles. The summed E-state index contributed by atoms with van der Waals surface area (Å²) >= 11 is 0. The number of carbonyl (C=O) groups is 3. The van der Waals surface area contributed by atoms with E-state index in [2.05, 4.69) is 0 Å². The summed E-state index contributed by atoms with van der Waals surface area (Å²) in [5.41, 5.74) is 8.85. The molecule has 0 aliphatic carbocycles. The van der Waals surface area contributed by atoms with Crippen LogP contribution in [0.5, 0.6) is 0 Å². The molecule has 3 rings (SSSR count). The zero-order chi connectivity index (χ0) is 21.1. The highest BCUT2D eigenvalue weighted by atomic mass is 16.4. The normalized spacial score (nSPS) is 13.4. The molecule has 0 saturated carbocycles. The van der Waals surface area contributed by atoms with Crippen LogP contribution in [0.3, 0.4) is 0 Å². The number of nitrogens with zero attached hydrogens (tertiary/aromatic N) is 2. The summed E-state index contributed by atoms with van der Waals surface area (Å²) < 4.78 is 0. The number of hydrogen-bond donors (Lipinski definition) is 3. The molecule has 0 fully saturated rings. The van der Waals surface area contributed by atoms with E-state index in [1.807, 2.05) is 6.07 Å². The Labute approximate surface area is 168 Å². The fraction of sp³-hybridized carbons (Fsp3) is 0.238. The van der Waals surface area contributed by atoms with Crippen molar-refractivity contribution in [3.8, 4) is 0 Å². The van der Waals surface area contributed by atoms with Gasteiger partial charge in [-0.05, 0) is 53.9 Å². The van der Waals surface area contributed by atoms with Gasteiger partial charge in [0.05, 0.1) is 0 Å². The van der Waals surface area contributed by atoms with Gasteiger partial charge in [0, 0.05) is 36.8 Å². The van der Waals surface area contributed by atoms with Crippen LogP contribution in [0.2, 0.25) is 0 Å². The van der Waals surface area contributed by atoms with Gasteiger partial charge < -0.3 is 20.6 Å². The molecule has 0 saturated heterocycles. The Morgan fingerprint density at radius 1 is 1.10 bits per heavy atom. The highest BCUT2D eigenvalue weighted by Gasteiger charge is 2.24. The number of aliphatic carboxylic acids is 1. The number of carboxylic acid groups (broad SMARTS) is 1. The van der Waals surface area contributed by atoms with Crippen molar-refractivity contribution in [3.63, 3.8) is 0 Å². The Hall–Kier alpha value is -3.68. The quantitative estimate of drug-likeness (QED) is 0.524. The number of nitrogens with one attached hydrogen (secondary N) is 1. The van der Waals surface area contributed by atoms with E-state index in [0.717, 1.165) is 11.1 Å². The van der Waals surface area contributed by atoms with Gasteiger partial charge >= 0.3 is 5.97 Å². The van der Waals surface area contributed by atoms with Crippen molar-refractivity contribution in [3.05, 3.63) is 64.7 Å². The molecule has 1 heterocycles. The molecule has 8 heteroatoms. The van der Waals surface area contributed by atoms with Crippen LogP contribution in [-0.2, 0) is 22.6 Å². The van der Waals surface area contributed by atoms with Crippen molar-refractivity contribution in [2.24, 2.45) is 5.73 Å². The van der Waals surface area contributed by atoms with Crippen molar-refractivity contribution in [2.45, 2.75) is 19.4 Å². The van der Waals surface area contributed by atoms with Crippen LogP contribution < -0.4 is 10.6 Å². The second-order valence-corrected chi connectivity index (χ2v) is 6.95. The van der Waals surface area contributed by atoms with Crippen LogP contribution in [0, 0.1) is 5.41 Å². The maximum atomic E-state index is 12.9. The van der Waals surface area contributed by atoms with Gasteiger partial charge in [0.2, 0.25) is 5.91 Å². The van der Waals surface area contributed by atoms with E-state index in [1.165, 1.54) is 9.80 Å². The number of carboxylic acids is 1. The van der Waals surface area contributed by atoms with Gasteiger partial charge in [-0.25, -0.2) is 0 Å². The fourth-order valence-electron chi connectivity index (χ4n) is 3.33. The second kappa shape index (κ2) is 8.14. The third-order valence-electron chi connectivity index (χ3n) is 4.97. The van der Waals surface area contributed by atoms with Crippen LogP contribution >= 0.6 is 0 Å². The Bertz CT molecular complexity index is 985. The van der Waals surface area contributed by atoms with Gasteiger partial charge in [-0.3, -0.25) is 19.8 Å². The first-order chi connectivity index (χ1) is 13.8. The summed E-state index contributed by atoms with van der Waals surface area (Å²) in [6.07, 6.45) is 0.761. The monoisotopic (exact) mass is 394 g/mol. The van der Waals surface area contributed by atoms with Crippen molar-refractivity contribution < 1.29 is 19.5 Å². The van der Waals surface area contributed by atoms with Crippen LogP contribution in [0.25, 0.3) is 0 Å². The average molecular weight is 394 g/mol. The summed E-state index contributed by atoms with van der Waals surface area (Å²) in [4.78, 5) is 38.9. The van der Waals surface area contributed by atoms with Gasteiger partial charge in [0.25, 0.3) is 5.91 Å². The third-order valence-corrected chi connectivity index (χ3v) is 4.97. The number of rotatable bonds is 5. The van der Waals surface area contributed by atoms with E-state index in [-0.39, 0.29) is 37.2 Å². The van der Waals surface area contributed by atoms with Gasteiger partial charge in [-0.15, -0.1) is 0 Å². The number of amidine groups is 1. The topological polar surface area (TPSA) is 128 Å². The van der Waals surface area contributed by atoms with Crippen LogP contribution in [0.15, 0.2) is 42.5 Å². The van der Waals surface area contributed by atoms with E-state index < -0.39 is 5.97 Å². The molecule has 2 aromatic rings. The fourth-order valence-corrected chi connectivity index (χ4v) is 3.33. The first-order valence-electron chi connectivity index (χ1n) is 9.10.